The van der Waals surface area contributed by atoms with Gasteiger partial charge < -0.3 is 29.2 Å². The van der Waals surface area contributed by atoms with Gasteiger partial charge in [-0.05, 0) is 70.4 Å². The SMILES string of the molecule is CCOc1cc(OC)ccc1CN(CC(=O)N1CCCC(c2cccc(C(=O)NCCc3cn(CCC(=O)OC)nn3)c2)C1)C(=O)OC(C)(C)C. The number of aromatic nitrogens is 3. The molecule has 0 aliphatic carbocycles. The molecule has 1 fully saturated rings. The molecule has 0 saturated carbocycles. The number of carbonyl (C=O) groups excluding carboxylic acids is 4. The highest BCUT2D eigenvalue weighted by atomic mass is 16.6. The van der Waals surface area contributed by atoms with Gasteiger partial charge in [0.25, 0.3) is 5.91 Å². The molecule has 0 bridgehead atoms. The van der Waals surface area contributed by atoms with Gasteiger partial charge in [-0.3, -0.25) is 24.0 Å². The van der Waals surface area contributed by atoms with Crippen LogP contribution >= 0.6 is 0 Å². The van der Waals surface area contributed by atoms with E-state index < -0.39 is 11.7 Å². The number of rotatable bonds is 15. The summed E-state index contributed by atoms with van der Waals surface area (Å²) in [4.78, 5) is 54.8. The summed E-state index contributed by atoms with van der Waals surface area (Å²) < 4.78 is 23.1. The van der Waals surface area contributed by atoms with Crippen LogP contribution in [0.25, 0.3) is 0 Å². The largest absolute Gasteiger partial charge is 0.497 e. The third-order valence-corrected chi connectivity index (χ3v) is 8.33. The lowest BCUT2D eigenvalue weighted by Gasteiger charge is -2.35. The molecule has 0 radical (unpaired) electrons. The maximum absolute atomic E-state index is 13.8. The molecule has 1 N–H and O–H groups in total. The molecule has 1 aromatic heterocycles. The van der Waals surface area contributed by atoms with Crippen LogP contribution in [0.1, 0.15) is 80.1 Å². The first-order chi connectivity index (χ1) is 24.4. The van der Waals surface area contributed by atoms with Crippen LogP contribution in [-0.2, 0) is 38.6 Å². The van der Waals surface area contributed by atoms with Gasteiger partial charge >= 0.3 is 12.1 Å². The fraction of sp³-hybridized carbons (Fsp3) is 0.514. The minimum Gasteiger partial charge on any atom is -0.497 e. The molecule has 1 unspecified atom stereocenters. The average Bonchev–Trinajstić information content (AvgIpc) is 3.57. The molecule has 3 amide bonds. The molecule has 14 nitrogen and oxygen atoms in total. The van der Waals surface area contributed by atoms with Gasteiger partial charge in [0.2, 0.25) is 5.91 Å². The molecule has 51 heavy (non-hydrogen) atoms. The van der Waals surface area contributed by atoms with Crippen LogP contribution in [0, 0.1) is 0 Å². The van der Waals surface area contributed by atoms with Crippen LogP contribution in [0.5, 0.6) is 11.5 Å². The minimum atomic E-state index is -0.749. The van der Waals surface area contributed by atoms with Crippen molar-refractivity contribution in [3.05, 3.63) is 71.0 Å². The van der Waals surface area contributed by atoms with Gasteiger partial charge in [0.1, 0.15) is 23.6 Å². The third-order valence-electron chi connectivity index (χ3n) is 8.33. The van der Waals surface area contributed by atoms with Crippen molar-refractivity contribution in [1.29, 1.82) is 0 Å². The zero-order valence-electron chi connectivity index (χ0n) is 30.5. The van der Waals surface area contributed by atoms with Crippen LogP contribution in [0.4, 0.5) is 4.79 Å². The Bertz CT molecular complexity index is 1650. The Morgan fingerprint density at radius 1 is 1.08 bits per heavy atom. The Hall–Kier alpha value is -5.14. The fourth-order valence-corrected chi connectivity index (χ4v) is 5.75. The second-order valence-electron chi connectivity index (χ2n) is 13.4. The van der Waals surface area contributed by atoms with Crippen molar-refractivity contribution in [2.45, 2.75) is 78.0 Å². The number of nitrogens with one attached hydrogen (secondary N) is 1. The smallest absolute Gasteiger partial charge is 0.411 e. The zero-order chi connectivity index (χ0) is 37.0. The summed E-state index contributed by atoms with van der Waals surface area (Å²) in [5.41, 5.74) is 2.17. The molecule has 2 aromatic carbocycles. The minimum absolute atomic E-state index is 0.0246. The summed E-state index contributed by atoms with van der Waals surface area (Å²) >= 11 is 0. The number of likely N-dealkylation sites (tertiary alicyclic amines) is 1. The molecule has 1 saturated heterocycles. The monoisotopic (exact) mass is 706 g/mol. The third kappa shape index (κ3) is 11.7. The standard InChI is InChI=1S/C37H50N6O8/c1-7-50-32-21-31(48-5)14-13-29(32)23-42(36(47)51-37(2,3)4)25-33(44)41-18-9-12-28(22-41)26-10-8-11-27(20-26)35(46)38-17-15-30-24-43(40-39-30)19-16-34(45)49-6/h8,10-11,13-14,20-21,24,28H,7,9,12,15-19,22-23,25H2,1-6H3,(H,38,46). The highest BCUT2D eigenvalue weighted by molar-refractivity contribution is 5.94. The number of esters is 1. The molecular weight excluding hydrogens is 656 g/mol. The predicted octanol–water partition coefficient (Wildman–Crippen LogP) is 4.36. The molecule has 276 valence electrons. The van der Waals surface area contributed by atoms with Crippen LogP contribution in [-0.4, -0.2) is 101 Å². The number of carbonyl (C=O) groups is 4. The maximum atomic E-state index is 13.8. The van der Waals surface area contributed by atoms with Crippen LogP contribution in [0.15, 0.2) is 48.7 Å². The first-order valence-electron chi connectivity index (χ1n) is 17.3. The van der Waals surface area contributed by atoms with Gasteiger partial charge in [0, 0.05) is 55.4 Å². The van der Waals surface area contributed by atoms with Gasteiger partial charge in [-0.1, -0.05) is 17.3 Å². The second-order valence-corrected chi connectivity index (χ2v) is 13.4. The Morgan fingerprint density at radius 3 is 2.61 bits per heavy atom. The summed E-state index contributed by atoms with van der Waals surface area (Å²) in [6.45, 7) is 9.37. The Morgan fingerprint density at radius 2 is 1.88 bits per heavy atom. The predicted molar refractivity (Wildman–Crippen MR) is 188 cm³/mol. The number of methoxy groups -OCH3 is 2. The number of aryl methyl sites for hydroxylation is 1. The van der Waals surface area contributed by atoms with E-state index in [9.17, 15) is 19.2 Å². The number of piperidine rings is 1. The highest BCUT2D eigenvalue weighted by Crippen LogP contribution is 2.29. The lowest BCUT2D eigenvalue weighted by Crippen LogP contribution is -2.47. The summed E-state index contributed by atoms with van der Waals surface area (Å²) in [5.74, 6) is 0.497. The lowest BCUT2D eigenvalue weighted by molar-refractivity contribution is -0.141. The van der Waals surface area contributed by atoms with Crippen molar-refractivity contribution in [3.8, 4) is 11.5 Å². The number of hydrogen-bond donors (Lipinski definition) is 1. The Kier molecular flexibility index (Phi) is 13.8. The molecule has 14 heteroatoms. The van der Waals surface area contributed by atoms with E-state index in [0.29, 0.717) is 62.0 Å². The van der Waals surface area contributed by atoms with E-state index in [-0.39, 0.29) is 43.2 Å². The van der Waals surface area contributed by atoms with Gasteiger partial charge in [-0.25, -0.2) is 4.79 Å². The molecule has 3 aromatic rings. The molecule has 1 atom stereocenters. The average molecular weight is 707 g/mol. The fourth-order valence-electron chi connectivity index (χ4n) is 5.75. The van der Waals surface area contributed by atoms with Gasteiger partial charge in [0.15, 0.2) is 0 Å². The number of nitrogens with zero attached hydrogens (tertiary/aromatic N) is 5. The van der Waals surface area contributed by atoms with E-state index in [1.165, 1.54) is 12.0 Å². The van der Waals surface area contributed by atoms with Crippen molar-refractivity contribution in [2.24, 2.45) is 0 Å². The summed E-state index contributed by atoms with van der Waals surface area (Å²) in [6.07, 6.45) is 3.48. The van der Waals surface area contributed by atoms with Gasteiger partial charge in [-0.15, -0.1) is 5.10 Å². The molecule has 1 aliphatic rings. The van der Waals surface area contributed by atoms with Crippen LogP contribution in [0.2, 0.25) is 0 Å². The van der Waals surface area contributed by atoms with E-state index in [0.717, 1.165) is 24.0 Å². The Balaban J connectivity index is 1.38. The summed E-state index contributed by atoms with van der Waals surface area (Å²) in [6, 6.07) is 12.9. The van der Waals surface area contributed by atoms with E-state index in [2.05, 4.69) is 20.4 Å². The first kappa shape index (κ1) is 38.7. The maximum Gasteiger partial charge on any atom is 0.411 e. The van der Waals surface area contributed by atoms with E-state index in [4.69, 9.17) is 14.2 Å². The second kappa shape index (κ2) is 18.2. The first-order valence-corrected chi connectivity index (χ1v) is 17.3. The Labute approximate surface area is 299 Å². The van der Waals surface area contributed by atoms with Crippen LogP contribution < -0.4 is 14.8 Å². The quantitative estimate of drug-likeness (QED) is 0.226. The van der Waals surface area contributed by atoms with E-state index in [1.54, 1.807) is 61.9 Å². The molecule has 1 aliphatic heterocycles. The highest BCUT2D eigenvalue weighted by Gasteiger charge is 2.30. The number of amides is 3. The van der Waals surface area contributed by atoms with Crippen molar-refractivity contribution >= 4 is 23.9 Å². The van der Waals surface area contributed by atoms with E-state index >= 15 is 0 Å². The van der Waals surface area contributed by atoms with E-state index in [1.807, 2.05) is 31.2 Å². The molecular formula is C37H50N6O8. The number of ether oxygens (including phenoxy) is 4. The van der Waals surface area contributed by atoms with Gasteiger partial charge in [0.05, 0.1) is 46.0 Å². The molecule has 0 spiro atoms. The topological polar surface area (TPSA) is 154 Å². The normalized spacial score (nSPS) is 14.4. The van der Waals surface area contributed by atoms with Crippen molar-refractivity contribution in [1.82, 2.24) is 30.1 Å². The zero-order valence-corrected chi connectivity index (χ0v) is 30.5. The van der Waals surface area contributed by atoms with Crippen molar-refractivity contribution in [3.63, 3.8) is 0 Å². The molecule has 2 heterocycles. The summed E-state index contributed by atoms with van der Waals surface area (Å²) in [7, 11) is 2.91. The molecule has 4 rings (SSSR count). The lowest BCUT2D eigenvalue weighted by atomic mass is 9.89. The number of benzene rings is 2. The summed E-state index contributed by atoms with van der Waals surface area (Å²) in [5, 5.41) is 11.1. The van der Waals surface area contributed by atoms with Crippen LogP contribution in [0.3, 0.4) is 0 Å². The van der Waals surface area contributed by atoms with Crippen molar-refractivity contribution < 1.29 is 38.1 Å². The van der Waals surface area contributed by atoms with Crippen molar-refractivity contribution in [2.75, 3.05) is 47.0 Å². The number of hydrogen-bond acceptors (Lipinski definition) is 10. The van der Waals surface area contributed by atoms with Gasteiger partial charge in [-0.2, -0.15) is 0 Å².